The van der Waals surface area contributed by atoms with Crippen LogP contribution < -0.4 is 5.32 Å². The molecule has 0 fully saturated rings. The molecule has 0 aliphatic heterocycles. The second-order valence-corrected chi connectivity index (χ2v) is 5.10. The molecule has 2 aromatic rings. The van der Waals surface area contributed by atoms with Gasteiger partial charge in [-0.2, -0.15) is 0 Å². The monoisotopic (exact) mass is 237 g/mol. The third-order valence-electron chi connectivity index (χ3n) is 2.71. The maximum absolute atomic E-state index is 13.1. The van der Waals surface area contributed by atoms with Crippen molar-refractivity contribution in [2.75, 3.05) is 6.54 Å². The van der Waals surface area contributed by atoms with Gasteiger partial charge < -0.3 is 5.32 Å². The summed E-state index contributed by atoms with van der Waals surface area (Å²) in [6, 6.07) is 5.03. The number of hydrogen-bond acceptors (Lipinski definition) is 2. The maximum Gasteiger partial charge on any atom is 0.124 e. The van der Waals surface area contributed by atoms with E-state index in [0.717, 1.165) is 24.2 Å². The SMILES string of the molecule is CCCNCc1sc2cc(F)ccc2c1C. The lowest BCUT2D eigenvalue weighted by molar-refractivity contribution is 0.630. The number of fused-ring (bicyclic) bond motifs is 1. The van der Waals surface area contributed by atoms with Crippen molar-refractivity contribution in [3.05, 3.63) is 34.5 Å². The molecular formula is C13H16FNS. The molecule has 0 saturated heterocycles. The van der Waals surface area contributed by atoms with Crippen LogP contribution in [-0.2, 0) is 6.54 Å². The van der Waals surface area contributed by atoms with Gasteiger partial charge in [0.2, 0.25) is 0 Å². The van der Waals surface area contributed by atoms with E-state index in [1.807, 2.05) is 6.07 Å². The Morgan fingerprint density at radius 2 is 2.19 bits per heavy atom. The Bertz CT molecular complexity index is 490. The molecule has 0 saturated carbocycles. The third kappa shape index (κ3) is 2.25. The van der Waals surface area contributed by atoms with Gasteiger partial charge in [-0.3, -0.25) is 0 Å². The van der Waals surface area contributed by atoms with E-state index in [2.05, 4.69) is 19.2 Å². The summed E-state index contributed by atoms with van der Waals surface area (Å²) >= 11 is 1.69. The standard InChI is InChI=1S/C13H16FNS/c1-3-6-15-8-13-9(2)11-5-4-10(14)7-12(11)16-13/h4-5,7,15H,3,6,8H2,1-2H3. The van der Waals surface area contributed by atoms with E-state index >= 15 is 0 Å². The van der Waals surface area contributed by atoms with Crippen LogP contribution in [0.3, 0.4) is 0 Å². The highest BCUT2D eigenvalue weighted by atomic mass is 32.1. The molecule has 0 bridgehead atoms. The number of nitrogens with one attached hydrogen (secondary N) is 1. The van der Waals surface area contributed by atoms with Crippen molar-refractivity contribution >= 4 is 21.4 Å². The largest absolute Gasteiger partial charge is 0.312 e. The highest BCUT2D eigenvalue weighted by Crippen LogP contribution is 2.31. The Morgan fingerprint density at radius 3 is 2.94 bits per heavy atom. The Labute approximate surface area is 99.3 Å². The summed E-state index contributed by atoms with van der Waals surface area (Å²) in [5, 5.41) is 4.56. The zero-order valence-electron chi connectivity index (χ0n) is 9.64. The average Bonchev–Trinajstić information content (AvgIpc) is 2.56. The van der Waals surface area contributed by atoms with Crippen molar-refractivity contribution in [1.82, 2.24) is 5.32 Å². The van der Waals surface area contributed by atoms with Crippen LogP contribution in [0.25, 0.3) is 10.1 Å². The van der Waals surface area contributed by atoms with Crippen LogP contribution in [0, 0.1) is 12.7 Å². The molecule has 0 spiro atoms. The average molecular weight is 237 g/mol. The van der Waals surface area contributed by atoms with E-state index < -0.39 is 0 Å². The molecule has 1 heterocycles. The first kappa shape index (κ1) is 11.6. The van der Waals surface area contributed by atoms with Crippen LogP contribution >= 0.6 is 11.3 Å². The van der Waals surface area contributed by atoms with E-state index in [1.165, 1.54) is 21.9 Å². The lowest BCUT2D eigenvalue weighted by Gasteiger charge is -2.01. The Kier molecular flexibility index (Phi) is 3.56. The smallest absolute Gasteiger partial charge is 0.124 e. The molecule has 1 aromatic heterocycles. The molecule has 0 aliphatic carbocycles. The van der Waals surface area contributed by atoms with Crippen molar-refractivity contribution in [3.8, 4) is 0 Å². The van der Waals surface area contributed by atoms with Gasteiger partial charge in [-0.1, -0.05) is 13.0 Å². The second kappa shape index (κ2) is 4.93. The predicted molar refractivity (Wildman–Crippen MR) is 68.5 cm³/mol. The summed E-state index contributed by atoms with van der Waals surface area (Å²) in [4.78, 5) is 1.31. The minimum atomic E-state index is -0.151. The molecule has 1 N–H and O–H groups in total. The first-order valence-electron chi connectivity index (χ1n) is 5.60. The van der Waals surface area contributed by atoms with E-state index in [9.17, 15) is 4.39 Å². The lowest BCUT2D eigenvalue weighted by Crippen LogP contribution is -2.13. The number of thiophene rings is 1. The first-order chi connectivity index (χ1) is 7.72. The van der Waals surface area contributed by atoms with Gasteiger partial charge in [0.15, 0.2) is 0 Å². The summed E-state index contributed by atoms with van der Waals surface area (Å²) in [6.07, 6.45) is 1.14. The van der Waals surface area contributed by atoms with Crippen molar-refractivity contribution in [2.24, 2.45) is 0 Å². The third-order valence-corrected chi connectivity index (χ3v) is 3.97. The minimum absolute atomic E-state index is 0.151. The van der Waals surface area contributed by atoms with Crippen LogP contribution in [0.2, 0.25) is 0 Å². The molecular weight excluding hydrogens is 221 g/mol. The molecule has 2 rings (SSSR count). The zero-order chi connectivity index (χ0) is 11.5. The molecule has 0 amide bonds. The highest BCUT2D eigenvalue weighted by molar-refractivity contribution is 7.19. The second-order valence-electron chi connectivity index (χ2n) is 3.97. The first-order valence-corrected chi connectivity index (χ1v) is 6.42. The van der Waals surface area contributed by atoms with Crippen molar-refractivity contribution in [2.45, 2.75) is 26.8 Å². The molecule has 0 radical (unpaired) electrons. The molecule has 16 heavy (non-hydrogen) atoms. The summed E-state index contributed by atoms with van der Waals surface area (Å²) in [5.74, 6) is -0.151. The quantitative estimate of drug-likeness (QED) is 0.796. The summed E-state index contributed by atoms with van der Waals surface area (Å²) in [5.41, 5.74) is 1.28. The number of halogens is 1. The van der Waals surface area contributed by atoms with Crippen LogP contribution in [0.1, 0.15) is 23.8 Å². The molecule has 1 nitrogen and oxygen atoms in total. The molecule has 0 aliphatic rings. The Morgan fingerprint density at radius 1 is 1.38 bits per heavy atom. The van der Waals surface area contributed by atoms with Crippen LogP contribution in [0.15, 0.2) is 18.2 Å². The Hall–Kier alpha value is -0.930. The molecule has 3 heteroatoms. The van der Waals surface area contributed by atoms with Crippen LogP contribution in [0.4, 0.5) is 4.39 Å². The molecule has 1 aromatic carbocycles. The number of aryl methyl sites for hydroxylation is 1. The van der Waals surface area contributed by atoms with Gasteiger partial charge in [0.1, 0.15) is 5.82 Å². The van der Waals surface area contributed by atoms with Gasteiger partial charge in [-0.25, -0.2) is 4.39 Å². The molecule has 0 atom stereocenters. The van der Waals surface area contributed by atoms with Gasteiger partial charge in [-0.05, 0) is 43.0 Å². The van der Waals surface area contributed by atoms with Gasteiger partial charge in [0, 0.05) is 16.1 Å². The normalized spacial score (nSPS) is 11.2. The van der Waals surface area contributed by atoms with Crippen molar-refractivity contribution in [3.63, 3.8) is 0 Å². The number of hydrogen-bond donors (Lipinski definition) is 1. The number of rotatable bonds is 4. The van der Waals surface area contributed by atoms with Gasteiger partial charge >= 0.3 is 0 Å². The predicted octanol–water partition coefficient (Wildman–Crippen LogP) is 3.85. The van der Waals surface area contributed by atoms with Gasteiger partial charge in [0.25, 0.3) is 0 Å². The van der Waals surface area contributed by atoms with E-state index in [4.69, 9.17) is 0 Å². The van der Waals surface area contributed by atoms with Crippen LogP contribution in [0.5, 0.6) is 0 Å². The number of benzene rings is 1. The summed E-state index contributed by atoms with van der Waals surface area (Å²) in [6.45, 7) is 6.18. The van der Waals surface area contributed by atoms with Crippen LogP contribution in [-0.4, -0.2) is 6.54 Å². The topological polar surface area (TPSA) is 12.0 Å². The van der Waals surface area contributed by atoms with Gasteiger partial charge in [-0.15, -0.1) is 11.3 Å². The van der Waals surface area contributed by atoms with E-state index in [0.29, 0.717) is 0 Å². The lowest BCUT2D eigenvalue weighted by atomic mass is 10.1. The Balaban J connectivity index is 2.29. The molecule has 86 valence electrons. The van der Waals surface area contributed by atoms with E-state index in [1.54, 1.807) is 17.4 Å². The zero-order valence-corrected chi connectivity index (χ0v) is 10.5. The maximum atomic E-state index is 13.1. The fourth-order valence-electron chi connectivity index (χ4n) is 1.80. The van der Waals surface area contributed by atoms with Crippen molar-refractivity contribution in [1.29, 1.82) is 0 Å². The minimum Gasteiger partial charge on any atom is -0.312 e. The summed E-state index contributed by atoms with van der Waals surface area (Å²) in [7, 11) is 0. The summed E-state index contributed by atoms with van der Waals surface area (Å²) < 4.78 is 14.1. The van der Waals surface area contributed by atoms with Crippen molar-refractivity contribution < 1.29 is 4.39 Å². The molecule has 0 unspecified atom stereocenters. The highest BCUT2D eigenvalue weighted by Gasteiger charge is 2.08. The van der Waals surface area contributed by atoms with E-state index in [-0.39, 0.29) is 5.82 Å². The fourth-order valence-corrected chi connectivity index (χ4v) is 3.00. The van der Waals surface area contributed by atoms with Gasteiger partial charge in [0.05, 0.1) is 0 Å². The fraction of sp³-hybridized carbons (Fsp3) is 0.385.